The van der Waals surface area contributed by atoms with E-state index in [1.807, 2.05) is 6.07 Å². The fourth-order valence-electron chi connectivity index (χ4n) is 4.07. The summed E-state index contributed by atoms with van der Waals surface area (Å²) in [5.74, 6) is 1.86. The predicted octanol–water partition coefficient (Wildman–Crippen LogP) is 3.37. The quantitative estimate of drug-likeness (QED) is 0.757. The van der Waals surface area contributed by atoms with Crippen molar-refractivity contribution in [3.63, 3.8) is 0 Å². The Labute approximate surface area is 107 Å². The standard InChI is InChI=1S/C14H17ClN2/c15-10-4-5-13-12(6-10)16-7-14-11-3-1-2-9(11)8-17(13)14/h4-6,9,11,14,16H,1-3,7-8H2. The molecular formula is C14H17ClN2. The number of nitrogens with one attached hydrogen (secondary N) is 1. The van der Waals surface area contributed by atoms with Crippen LogP contribution < -0.4 is 10.2 Å². The van der Waals surface area contributed by atoms with Crippen LogP contribution in [0, 0.1) is 11.8 Å². The Hall–Kier alpha value is -0.890. The van der Waals surface area contributed by atoms with Crippen molar-refractivity contribution in [2.45, 2.75) is 25.3 Å². The molecule has 4 rings (SSSR count). The summed E-state index contributed by atoms with van der Waals surface area (Å²) >= 11 is 6.06. The minimum atomic E-state index is 0.719. The van der Waals surface area contributed by atoms with Gasteiger partial charge in [-0.15, -0.1) is 0 Å². The smallest absolute Gasteiger partial charge is 0.0606 e. The first-order valence-corrected chi connectivity index (χ1v) is 7.01. The molecule has 0 amide bonds. The van der Waals surface area contributed by atoms with E-state index >= 15 is 0 Å². The molecule has 2 nitrogen and oxygen atoms in total. The van der Waals surface area contributed by atoms with Gasteiger partial charge in [0.2, 0.25) is 0 Å². The summed E-state index contributed by atoms with van der Waals surface area (Å²) in [6, 6.07) is 6.97. The maximum absolute atomic E-state index is 6.06. The number of hydrogen-bond donors (Lipinski definition) is 1. The number of fused-ring (bicyclic) bond motifs is 5. The molecule has 90 valence electrons. The highest BCUT2D eigenvalue weighted by molar-refractivity contribution is 6.31. The highest BCUT2D eigenvalue weighted by Gasteiger charge is 2.45. The van der Waals surface area contributed by atoms with Crippen molar-refractivity contribution < 1.29 is 0 Å². The van der Waals surface area contributed by atoms with Crippen LogP contribution in [0.4, 0.5) is 11.4 Å². The molecular weight excluding hydrogens is 232 g/mol. The van der Waals surface area contributed by atoms with Gasteiger partial charge in [0.25, 0.3) is 0 Å². The van der Waals surface area contributed by atoms with Crippen LogP contribution in [0.5, 0.6) is 0 Å². The molecule has 17 heavy (non-hydrogen) atoms. The van der Waals surface area contributed by atoms with Gasteiger partial charge in [0.15, 0.2) is 0 Å². The van der Waals surface area contributed by atoms with Gasteiger partial charge in [-0.1, -0.05) is 18.0 Å². The van der Waals surface area contributed by atoms with Gasteiger partial charge in [0, 0.05) is 24.2 Å². The second-order valence-electron chi connectivity index (χ2n) is 5.62. The molecule has 2 heterocycles. The van der Waals surface area contributed by atoms with Gasteiger partial charge in [-0.3, -0.25) is 0 Å². The first kappa shape index (κ1) is 10.1. The van der Waals surface area contributed by atoms with Crippen LogP contribution in [-0.4, -0.2) is 19.1 Å². The molecule has 3 aliphatic rings. The van der Waals surface area contributed by atoms with Crippen LogP contribution in [0.1, 0.15) is 19.3 Å². The van der Waals surface area contributed by atoms with E-state index in [2.05, 4.69) is 22.3 Å². The Morgan fingerprint density at radius 2 is 2.24 bits per heavy atom. The lowest BCUT2D eigenvalue weighted by Gasteiger charge is -2.36. The zero-order valence-electron chi connectivity index (χ0n) is 9.82. The Balaban J connectivity index is 1.74. The first-order chi connectivity index (χ1) is 8.33. The largest absolute Gasteiger partial charge is 0.381 e. The molecule has 1 aromatic rings. The van der Waals surface area contributed by atoms with E-state index in [1.165, 1.54) is 37.2 Å². The van der Waals surface area contributed by atoms with Crippen LogP contribution in [0.2, 0.25) is 5.02 Å². The topological polar surface area (TPSA) is 15.3 Å². The molecule has 1 aliphatic carbocycles. The van der Waals surface area contributed by atoms with Gasteiger partial charge < -0.3 is 10.2 Å². The first-order valence-electron chi connectivity index (χ1n) is 6.63. The number of nitrogens with zero attached hydrogens (tertiary/aromatic N) is 1. The number of benzene rings is 1. The summed E-state index contributed by atoms with van der Waals surface area (Å²) in [6.45, 7) is 2.35. The van der Waals surface area contributed by atoms with E-state index in [-0.39, 0.29) is 0 Å². The Morgan fingerprint density at radius 3 is 3.18 bits per heavy atom. The van der Waals surface area contributed by atoms with Gasteiger partial charge >= 0.3 is 0 Å². The Bertz CT molecular complexity index is 460. The molecule has 2 aliphatic heterocycles. The van der Waals surface area contributed by atoms with Crippen LogP contribution in [-0.2, 0) is 0 Å². The van der Waals surface area contributed by atoms with Crippen molar-refractivity contribution >= 4 is 23.0 Å². The zero-order valence-corrected chi connectivity index (χ0v) is 10.6. The maximum atomic E-state index is 6.06. The fourth-order valence-corrected chi connectivity index (χ4v) is 4.24. The monoisotopic (exact) mass is 248 g/mol. The minimum absolute atomic E-state index is 0.719. The second-order valence-corrected chi connectivity index (χ2v) is 6.05. The SMILES string of the molecule is Clc1ccc2c(c1)NCC1C3CCCC3CN21. The van der Waals surface area contributed by atoms with Gasteiger partial charge in [-0.25, -0.2) is 0 Å². The van der Waals surface area contributed by atoms with E-state index < -0.39 is 0 Å². The van der Waals surface area contributed by atoms with E-state index in [1.54, 1.807) is 0 Å². The molecule has 2 fully saturated rings. The van der Waals surface area contributed by atoms with Gasteiger partial charge in [0.1, 0.15) is 0 Å². The minimum Gasteiger partial charge on any atom is -0.381 e. The second kappa shape index (κ2) is 3.55. The predicted molar refractivity (Wildman–Crippen MR) is 71.9 cm³/mol. The molecule has 0 radical (unpaired) electrons. The highest BCUT2D eigenvalue weighted by Crippen LogP contribution is 2.47. The summed E-state index contributed by atoms with van der Waals surface area (Å²) in [5.41, 5.74) is 2.58. The van der Waals surface area contributed by atoms with E-state index in [9.17, 15) is 0 Å². The molecule has 1 saturated heterocycles. The van der Waals surface area contributed by atoms with E-state index in [0.717, 1.165) is 29.4 Å². The molecule has 1 saturated carbocycles. The van der Waals surface area contributed by atoms with Gasteiger partial charge in [0.05, 0.1) is 11.4 Å². The number of rotatable bonds is 0. The lowest BCUT2D eigenvalue weighted by atomic mass is 9.93. The summed E-state index contributed by atoms with van der Waals surface area (Å²) in [7, 11) is 0. The molecule has 3 heteroatoms. The van der Waals surface area contributed by atoms with E-state index in [4.69, 9.17) is 11.6 Å². The van der Waals surface area contributed by atoms with Crippen molar-refractivity contribution in [3.05, 3.63) is 23.2 Å². The molecule has 3 unspecified atom stereocenters. The summed E-state index contributed by atoms with van der Waals surface area (Å²) in [6.07, 6.45) is 4.30. The van der Waals surface area contributed by atoms with Crippen LogP contribution in [0.3, 0.4) is 0 Å². The molecule has 1 N–H and O–H groups in total. The summed E-state index contributed by atoms with van der Waals surface area (Å²) < 4.78 is 0. The third-order valence-electron chi connectivity index (χ3n) is 4.81. The lowest BCUT2D eigenvalue weighted by molar-refractivity contribution is 0.429. The number of halogens is 1. The Morgan fingerprint density at radius 1 is 1.29 bits per heavy atom. The van der Waals surface area contributed by atoms with Crippen LogP contribution >= 0.6 is 11.6 Å². The van der Waals surface area contributed by atoms with Crippen LogP contribution in [0.15, 0.2) is 18.2 Å². The van der Waals surface area contributed by atoms with Crippen molar-refractivity contribution in [1.29, 1.82) is 0 Å². The van der Waals surface area contributed by atoms with Crippen molar-refractivity contribution in [2.75, 3.05) is 23.3 Å². The Kier molecular flexibility index (Phi) is 2.10. The molecule has 0 spiro atoms. The van der Waals surface area contributed by atoms with Gasteiger partial charge in [-0.2, -0.15) is 0 Å². The molecule has 3 atom stereocenters. The number of hydrogen-bond acceptors (Lipinski definition) is 2. The highest BCUT2D eigenvalue weighted by atomic mass is 35.5. The maximum Gasteiger partial charge on any atom is 0.0606 e. The third kappa shape index (κ3) is 1.40. The van der Waals surface area contributed by atoms with Crippen molar-refractivity contribution in [2.24, 2.45) is 11.8 Å². The molecule has 0 bridgehead atoms. The van der Waals surface area contributed by atoms with Crippen molar-refractivity contribution in [1.82, 2.24) is 0 Å². The number of anilines is 2. The van der Waals surface area contributed by atoms with E-state index in [0.29, 0.717) is 0 Å². The fraction of sp³-hybridized carbons (Fsp3) is 0.571. The third-order valence-corrected chi connectivity index (χ3v) is 5.05. The summed E-state index contributed by atoms with van der Waals surface area (Å²) in [4.78, 5) is 2.62. The van der Waals surface area contributed by atoms with Gasteiger partial charge in [-0.05, 0) is 42.9 Å². The van der Waals surface area contributed by atoms with Crippen molar-refractivity contribution in [3.8, 4) is 0 Å². The average molecular weight is 249 g/mol. The normalized spacial score (nSPS) is 33.9. The lowest BCUT2D eigenvalue weighted by Crippen LogP contribution is -2.42. The zero-order chi connectivity index (χ0) is 11.4. The molecule has 0 aromatic heterocycles. The average Bonchev–Trinajstić information content (AvgIpc) is 2.88. The summed E-state index contributed by atoms with van der Waals surface area (Å²) in [5, 5.41) is 4.39. The molecule has 1 aromatic carbocycles. The van der Waals surface area contributed by atoms with Crippen LogP contribution in [0.25, 0.3) is 0 Å².